The Morgan fingerprint density at radius 1 is 1.03 bits per heavy atom. The number of carbonyl (C=O) groups excluding carboxylic acids is 1. The van der Waals surface area contributed by atoms with Crippen molar-refractivity contribution in [2.24, 2.45) is 7.05 Å². The van der Waals surface area contributed by atoms with E-state index in [0.29, 0.717) is 16.0 Å². The molecule has 0 fully saturated rings. The van der Waals surface area contributed by atoms with E-state index in [1.54, 1.807) is 0 Å². The highest BCUT2D eigenvalue weighted by Gasteiger charge is 2.20. The number of carbonyl (C=O) groups is 1. The fourth-order valence-electron chi connectivity index (χ4n) is 3.53. The van der Waals surface area contributed by atoms with Crippen molar-refractivity contribution in [2.45, 2.75) is 25.9 Å². The van der Waals surface area contributed by atoms with Gasteiger partial charge in [0.2, 0.25) is 0 Å². The molecule has 31 heavy (non-hydrogen) atoms. The molecule has 4 rings (SSSR count). The molecule has 158 valence electrons. The first-order valence-electron chi connectivity index (χ1n) is 9.93. The summed E-state index contributed by atoms with van der Waals surface area (Å²) in [6, 6.07) is 17.6. The zero-order valence-electron chi connectivity index (χ0n) is 17.9. The van der Waals surface area contributed by atoms with Gasteiger partial charge in [-0.05, 0) is 62.7 Å². The van der Waals surface area contributed by atoms with Gasteiger partial charge in [0.15, 0.2) is 16.8 Å². The topological polar surface area (TPSA) is 52.7 Å². The van der Waals surface area contributed by atoms with Gasteiger partial charge in [0.05, 0.1) is 11.4 Å². The van der Waals surface area contributed by atoms with E-state index in [9.17, 15) is 4.79 Å². The number of Topliss-reactive ketones (excluding diaryl/α,β-unsaturated/α-hetero) is 1. The Bertz CT molecular complexity index is 1260. The highest BCUT2D eigenvalue weighted by molar-refractivity contribution is 7.99. The molecule has 0 aliphatic rings. The number of hydrogen-bond donors (Lipinski definition) is 0. The van der Waals surface area contributed by atoms with Crippen LogP contribution in [0, 0.1) is 20.8 Å². The van der Waals surface area contributed by atoms with Crippen LogP contribution >= 0.6 is 23.4 Å². The molecule has 0 saturated heterocycles. The molecular formula is C24H23ClN4OS. The second kappa shape index (κ2) is 8.73. The standard InChI is InChI=1S/C24H23ClN4OS/c1-15-7-5-6-8-21(15)29-23(18-9-11-19(25)12-10-18)26-27-24(29)31-14-22(30)20-13-16(2)28(4)17(20)3/h5-13H,14H2,1-4H3. The van der Waals surface area contributed by atoms with Crippen LogP contribution in [-0.2, 0) is 7.05 Å². The maximum Gasteiger partial charge on any atom is 0.196 e. The molecule has 0 N–H and O–H groups in total. The lowest BCUT2D eigenvalue weighted by atomic mass is 10.1. The first kappa shape index (κ1) is 21.4. The Hall–Kier alpha value is -2.83. The van der Waals surface area contributed by atoms with E-state index >= 15 is 0 Å². The number of para-hydroxylation sites is 1. The number of thioether (sulfide) groups is 1. The van der Waals surface area contributed by atoms with Gasteiger partial charge >= 0.3 is 0 Å². The maximum absolute atomic E-state index is 12.9. The number of nitrogens with zero attached hydrogens (tertiary/aromatic N) is 4. The van der Waals surface area contributed by atoms with Gasteiger partial charge in [0.1, 0.15) is 0 Å². The average molecular weight is 451 g/mol. The maximum atomic E-state index is 12.9. The van der Waals surface area contributed by atoms with E-state index in [1.807, 2.05) is 78.6 Å². The van der Waals surface area contributed by atoms with Crippen LogP contribution in [0.3, 0.4) is 0 Å². The highest BCUT2D eigenvalue weighted by Crippen LogP contribution is 2.30. The molecule has 2 aromatic carbocycles. The molecule has 0 aliphatic carbocycles. The lowest BCUT2D eigenvalue weighted by Crippen LogP contribution is -2.07. The van der Waals surface area contributed by atoms with Crippen LogP contribution < -0.4 is 0 Å². The molecule has 0 amide bonds. The fraction of sp³-hybridized carbons (Fsp3) is 0.208. The largest absolute Gasteiger partial charge is 0.351 e. The molecule has 5 nitrogen and oxygen atoms in total. The van der Waals surface area contributed by atoms with Crippen LogP contribution in [0.25, 0.3) is 17.1 Å². The number of ketones is 1. The van der Waals surface area contributed by atoms with E-state index < -0.39 is 0 Å². The van der Waals surface area contributed by atoms with E-state index in [-0.39, 0.29) is 11.5 Å². The van der Waals surface area contributed by atoms with Crippen LogP contribution in [0.1, 0.15) is 27.3 Å². The van der Waals surface area contributed by atoms with Gasteiger partial charge in [-0.15, -0.1) is 10.2 Å². The van der Waals surface area contributed by atoms with Crippen molar-refractivity contribution >= 4 is 29.1 Å². The number of hydrogen-bond acceptors (Lipinski definition) is 4. The predicted molar refractivity (Wildman–Crippen MR) is 126 cm³/mol. The summed E-state index contributed by atoms with van der Waals surface area (Å²) in [4.78, 5) is 12.9. The third-order valence-corrected chi connectivity index (χ3v) is 6.68. The Labute approximate surface area is 191 Å². The van der Waals surface area contributed by atoms with Crippen molar-refractivity contribution in [1.29, 1.82) is 0 Å². The van der Waals surface area contributed by atoms with Gasteiger partial charge in [0.25, 0.3) is 0 Å². The average Bonchev–Trinajstić information content (AvgIpc) is 3.29. The van der Waals surface area contributed by atoms with Gasteiger partial charge in [-0.2, -0.15) is 0 Å². The minimum absolute atomic E-state index is 0.0820. The first-order valence-corrected chi connectivity index (χ1v) is 11.3. The lowest BCUT2D eigenvalue weighted by Gasteiger charge is -2.13. The van der Waals surface area contributed by atoms with Crippen LogP contribution in [0.2, 0.25) is 5.02 Å². The molecule has 0 saturated carbocycles. The lowest BCUT2D eigenvalue weighted by molar-refractivity contribution is 0.102. The Morgan fingerprint density at radius 2 is 1.74 bits per heavy atom. The molecule has 7 heteroatoms. The molecule has 2 aromatic heterocycles. The molecule has 4 aromatic rings. The zero-order valence-corrected chi connectivity index (χ0v) is 19.5. The van der Waals surface area contributed by atoms with Crippen LogP contribution in [0.15, 0.2) is 59.8 Å². The van der Waals surface area contributed by atoms with Crippen molar-refractivity contribution in [2.75, 3.05) is 5.75 Å². The molecule has 0 bridgehead atoms. The van der Waals surface area contributed by atoms with E-state index in [1.165, 1.54) is 11.8 Å². The minimum atomic E-state index is 0.0820. The number of benzene rings is 2. The highest BCUT2D eigenvalue weighted by atomic mass is 35.5. The molecule has 0 radical (unpaired) electrons. The summed E-state index contributed by atoms with van der Waals surface area (Å²) in [5, 5.41) is 10.2. The first-order chi connectivity index (χ1) is 14.9. The van der Waals surface area contributed by atoms with Crippen molar-refractivity contribution < 1.29 is 4.79 Å². The number of rotatable bonds is 6. The van der Waals surface area contributed by atoms with Crippen molar-refractivity contribution in [3.05, 3.63) is 82.1 Å². The summed E-state index contributed by atoms with van der Waals surface area (Å²) in [5.74, 6) is 1.08. The zero-order chi connectivity index (χ0) is 22.1. The summed E-state index contributed by atoms with van der Waals surface area (Å²) in [7, 11) is 1.97. The fourth-order valence-corrected chi connectivity index (χ4v) is 4.48. The van der Waals surface area contributed by atoms with Gasteiger partial charge in [0, 0.05) is 34.6 Å². The predicted octanol–water partition coefficient (Wildman–Crippen LogP) is 5.83. The summed E-state index contributed by atoms with van der Waals surface area (Å²) in [5.41, 5.74) is 5.80. The van der Waals surface area contributed by atoms with E-state index in [2.05, 4.69) is 23.2 Å². The number of halogens is 1. The third kappa shape index (κ3) is 4.18. The monoisotopic (exact) mass is 450 g/mol. The number of aryl methyl sites for hydroxylation is 2. The molecular weight excluding hydrogens is 428 g/mol. The van der Waals surface area contributed by atoms with Crippen LogP contribution in [0.5, 0.6) is 0 Å². The molecule has 0 aliphatic heterocycles. The Balaban J connectivity index is 1.71. The van der Waals surface area contributed by atoms with Gasteiger partial charge in [-0.1, -0.05) is 41.6 Å². The molecule has 0 unspecified atom stereocenters. The van der Waals surface area contributed by atoms with Gasteiger partial charge in [-0.25, -0.2) is 0 Å². The minimum Gasteiger partial charge on any atom is -0.351 e. The third-order valence-electron chi connectivity index (χ3n) is 5.50. The van der Waals surface area contributed by atoms with E-state index in [0.717, 1.165) is 33.8 Å². The SMILES string of the molecule is Cc1ccccc1-n1c(SCC(=O)c2cc(C)n(C)c2C)nnc1-c1ccc(Cl)cc1. The van der Waals surface area contributed by atoms with E-state index in [4.69, 9.17) is 11.6 Å². The van der Waals surface area contributed by atoms with Crippen LogP contribution in [0.4, 0.5) is 0 Å². The van der Waals surface area contributed by atoms with Gasteiger partial charge in [-0.3, -0.25) is 9.36 Å². The summed E-state index contributed by atoms with van der Waals surface area (Å²) >= 11 is 7.47. The van der Waals surface area contributed by atoms with Crippen molar-refractivity contribution in [3.63, 3.8) is 0 Å². The summed E-state index contributed by atoms with van der Waals surface area (Å²) < 4.78 is 4.05. The summed E-state index contributed by atoms with van der Waals surface area (Å²) in [6.45, 7) is 6.03. The molecule has 2 heterocycles. The molecule has 0 atom stereocenters. The normalized spacial score (nSPS) is 11.1. The summed E-state index contributed by atoms with van der Waals surface area (Å²) in [6.07, 6.45) is 0. The second-order valence-corrected chi connectivity index (χ2v) is 8.87. The van der Waals surface area contributed by atoms with Crippen molar-refractivity contribution in [1.82, 2.24) is 19.3 Å². The molecule has 0 spiro atoms. The second-order valence-electron chi connectivity index (χ2n) is 7.49. The number of aromatic nitrogens is 4. The quantitative estimate of drug-likeness (QED) is 0.274. The van der Waals surface area contributed by atoms with Gasteiger partial charge < -0.3 is 4.57 Å². The van der Waals surface area contributed by atoms with Crippen molar-refractivity contribution in [3.8, 4) is 17.1 Å². The smallest absolute Gasteiger partial charge is 0.196 e. The Morgan fingerprint density at radius 3 is 2.39 bits per heavy atom. The van der Waals surface area contributed by atoms with Crippen LogP contribution in [-0.4, -0.2) is 30.9 Å². The Kier molecular flexibility index (Phi) is 6.03.